The molecule has 4 rings (SSSR count). The van der Waals surface area contributed by atoms with Crippen molar-refractivity contribution in [2.45, 2.75) is 13.5 Å². The van der Waals surface area contributed by atoms with Crippen LogP contribution in [0.3, 0.4) is 0 Å². The molecule has 6 heteroatoms. The Hall–Kier alpha value is -3.02. The number of halogens is 1. The third-order valence-corrected chi connectivity index (χ3v) is 5.55. The van der Waals surface area contributed by atoms with Crippen molar-refractivity contribution in [3.05, 3.63) is 99.4 Å². The van der Waals surface area contributed by atoms with Gasteiger partial charge in [-0.1, -0.05) is 53.6 Å². The second kappa shape index (κ2) is 9.20. The summed E-state index contributed by atoms with van der Waals surface area (Å²) >= 11 is 7.24. The molecule has 1 heterocycles. The van der Waals surface area contributed by atoms with E-state index in [1.165, 1.54) is 17.3 Å². The molecule has 0 aromatic heterocycles. The van der Waals surface area contributed by atoms with Crippen LogP contribution in [-0.4, -0.2) is 11.1 Å². The second-order valence-electron chi connectivity index (χ2n) is 6.80. The Kier molecular flexibility index (Phi) is 6.21. The van der Waals surface area contributed by atoms with Crippen LogP contribution in [-0.2, 0) is 11.4 Å². The van der Waals surface area contributed by atoms with Gasteiger partial charge in [0.2, 0.25) is 0 Å². The predicted molar refractivity (Wildman–Crippen MR) is 124 cm³/mol. The average molecular weight is 435 g/mol. The molecular weight excluding hydrogens is 416 g/mol. The molecular formula is C24H19ClN2O2S. The minimum atomic E-state index is -0.154. The molecule has 4 nitrogen and oxygen atoms in total. The Bertz CT molecular complexity index is 1120. The van der Waals surface area contributed by atoms with Crippen molar-refractivity contribution in [3.8, 4) is 5.75 Å². The fourth-order valence-corrected chi connectivity index (χ4v) is 3.78. The number of amidine groups is 1. The average Bonchev–Trinajstić information content (AvgIpc) is 3.08. The van der Waals surface area contributed by atoms with Crippen molar-refractivity contribution < 1.29 is 9.53 Å². The van der Waals surface area contributed by atoms with Gasteiger partial charge >= 0.3 is 0 Å². The standard InChI is InChI=1S/C24H19ClN2O2S/c1-16-5-11-20(12-6-16)26-24-27-23(28)22(30-24)14-18-3-2-4-21(13-18)29-15-17-7-9-19(25)10-8-17/h2-14H,15H2,1H3,(H,26,27,28)/b22-14-. The summed E-state index contributed by atoms with van der Waals surface area (Å²) in [4.78, 5) is 17.4. The number of ether oxygens (including phenoxy) is 1. The molecule has 3 aromatic rings. The first-order valence-electron chi connectivity index (χ1n) is 9.39. The molecule has 1 saturated heterocycles. The zero-order chi connectivity index (χ0) is 20.9. The third kappa shape index (κ3) is 5.32. The number of hydrogen-bond acceptors (Lipinski definition) is 4. The van der Waals surface area contributed by atoms with E-state index in [1.54, 1.807) is 0 Å². The summed E-state index contributed by atoms with van der Waals surface area (Å²) in [5.41, 5.74) is 3.90. The second-order valence-corrected chi connectivity index (χ2v) is 8.27. The number of aryl methyl sites for hydroxylation is 1. The maximum Gasteiger partial charge on any atom is 0.264 e. The lowest BCUT2D eigenvalue weighted by molar-refractivity contribution is -0.115. The number of rotatable bonds is 5. The lowest BCUT2D eigenvalue weighted by Gasteiger charge is -2.07. The smallest absolute Gasteiger partial charge is 0.264 e. The van der Waals surface area contributed by atoms with Gasteiger partial charge in [-0.2, -0.15) is 0 Å². The van der Waals surface area contributed by atoms with Gasteiger partial charge in [-0.05, 0) is 72.3 Å². The van der Waals surface area contributed by atoms with Crippen LogP contribution in [0.1, 0.15) is 16.7 Å². The van der Waals surface area contributed by atoms with Crippen molar-refractivity contribution in [2.24, 2.45) is 4.99 Å². The highest BCUT2D eigenvalue weighted by molar-refractivity contribution is 8.18. The minimum absolute atomic E-state index is 0.154. The van der Waals surface area contributed by atoms with E-state index in [-0.39, 0.29) is 5.91 Å². The van der Waals surface area contributed by atoms with Crippen LogP contribution in [0.25, 0.3) is 6.08 Å². The summed E-state index contributed by atoms with van der Waals surface area (Å²) in [5, 5.41) is 4.09. The summed E-state index contributed by atoms with van der Waals surface area (Å²) in [6.07, 6.45) is 1.84. The summed E-state index contributed by atoms with van der Waals surface area (Å²) in [6.45, 7) is 2.47. The van der Waals surface area contributed by atoms with E-state index in [9.17, 15) is 4.79 Å². The number of hydrogen-bond donors (Lipinski definition) is 1. The van der Waals surface area contributed by atoms with Gasteiger partial charge in [0.25, 0.3) is 5.91 Å². The number of aliphatic imine (C=N–C) groups is 1. The predicted octanol–water partition coefficient (Wildman–Crippen LogP) is 6.12. The van der Waals surface area contributed by atoms with Crippen LogP contribution < -0.4 is 10.1 Å². The van der Waals surface area contributed by atoms with Crippen LogP contribution in [0.2, 0.25) is 5.02 Å². The highest BCUT2D eigenvalue weighted by Crippen LogP contribution is 2.29. The molecule has 1 amide bonds. The molecule has 30 heavy (non-hydrogen) atoms. The van der Waals surface area contributed by atoms with E-state index in [0.29, 0.717) is 21.7 Å². The van der Waals surface area contributed by atoms with Crippen molar-refractivity contribution >= 4 is 46.2 Å². The number of benzene rings is 3. The highest BCUT2D eigenvalue weighted by Gasteiger charge is 2.23. The number of nitrogens with zero attached hydrogens (tertiary/aromatic N) is 1. The zero-order valence-electron chi connectivity index (χ0n) is 16.3. The largest absolute Gasteiger partial charge is 0.489 e. The quantitative estimate of drug-likeness (QED) is 0.492. The molecule has 0 spiro atoms. The molecule has 0 unspecified atom stereocenters. The van der Waals surface area contributed by atoms with Crippen molar-refractivity contribution in [2.75, 3.05) is 0 Å². The Morgan fingerprint density at radius 2 is 1.83 bits per heavy atom. The maximum atomic E-state index is 12.3. The molecule has 0 bridgehead atoms. The van der Waals surface area contributed by atoms with Gasteiger partial charge < -0.3 is 10.1 Å². The van der Waals surface area contributed by atoms with Gasteiger partial charge in [-0.15, -0.1) is 0 Å². The molecule has 1 N–H and O–H groups in total. The van der Waals surface area contributed by atoms with E-state index in [1.807, 2.05) is 85.8 Å². The molecule has 3 aromatic carbocycles. The first kappa shape index (κ1) is 20.3. The Labute approximate surface area is 184 Å². The van der Waals surface area contributed by atoms with E-state index in [2.05, 4.69) is 10.3 Å². The summed E-state index contributed by atoms with van der Waals surface area (Å²) in [5.74, 6) is 0.578. The molecule has 1 fully saturated rings. The van der Waals surface area contributed by atoms with Crippen molar-refractivity contribution in [3.63, 3.8) is 0 Å². The first-order chi connectivity index (χ1) is 14.5. The van der Waals surface area contributed by atoms with Gasteiger partial charge in [0.05, 0.1) is 10.6 Å². The number of amides is 1. The number of carbonyl (C=O) groups is 1. The fraction of sp³-hybridized carbons (Fsp3) is 0.0833. The number of carbonyl (C=O) groups excluding carboxylic acids is 1. The molecule has 0 aliphatic carbocycles. The summed E-state index contributed by atoms with van der Waals surface area (Å²) in [7, 11) is 0. The Morgan fingerprint density at radius 3 is 2.60 bits per heavy atom. The van der Waals surface area contributed by atoms with Crippen LogP contribution in [0.4, 0.5) is 5.69 Å². The number of thioether (sulfide) groups is 1. The molecule has 1 aliphatic heterocycles. The molecule has 0 atom stereocenters. The van der Waals surface area contributed by atoms with Crippen LogP contribution in [0.5, 0.6) is 5.75 Å². The topological polar surface area (TPSA) is 50.7 Å². The van der Waals surface area contributed by atoms with Gasteiger partial charge in [0, 0.05) is 5.02 Å². The third-order valence-electron chi connectivity index (χ3n) is 4.39. The van der Waals surface area contributed by atoms with Crippen LogP contribution >= 0.6 is 23.4 Å². The lowest BCUT2D eigenvalue weighted by atomic mass is 10.2. The van der Waals surface area contributed by atoms with Gasteiger partial charge in [0.15, 0.2) is 5.17 Å². The SMILES string of the molecule is Cc1ccc(N=C2NC(=O)/C(=C/c3cccc(OCc4ccc(Cl)cc4)c3)S2)cc1. The van der Waals surface area contributed by atoms with E-state index < -0.39 is 0 Å². The van der Waals surface area contributed by atoms with Gasteiger partial charge in [-0.3, -0.25) is 4.79 Å². The maximum absolute atomic E-state index is 12.3. The molecule has 0 radical (unpaired) electrons. The monoisotopic (exact) mass is 434 g/mol. The minimum Gasteiger partial charge on any atom is -0.489 e. The fourth-order valence-electron chi connectivity index (χ4n) is 2.81. The van der Waals surface area contributed by atoms with Crippen molar-refractivity contribution in [1.29, 1.82) is 0 Å². The summed E-state index contributed by atoms with van der Waals surface area (Å²) in [6, 6.07) is 23.0. The normalized spacial score (nSPS) is 16.1. The number of nitrogens with one attached hydrogen (secondary N) is 1. The van der Waals surface area contributed by atoms with E-state index in [4.69, 9.17) is 16.3 Å². The van der Waals surface area contributed by atoms with Crippen LogP contribution in [0, 0.1) is 6.92 Å². The zero-order valence-corrected chi connectivity index (χ0v) is 17.8. The highest BCUT2D eigenvalue weighted by atomic mass is 35.5. The Morgan fingerprint density at radius 1 is 1.07 bits per heavy atom. The summed E-state index contributed by atoms with van der Waals surface area (Å²) < 4.78 is 5.87. The molecule has 0 saturated carbocycles. The Balaban J connectivity index is 1.45. The van der Waals surface area contributed by atoms with Crippen LogP contribution in [0.15, 0.2) is 82.7 Å². The molecule has 150 valence electrons. The molecule has 1 aliphatic rings. The van der Waals surface area contributed by atoms with Gasteiger partial charge in [-0.25, -0.2) is 4.99 Å². The van der Waals surface area contributed by atoms with Gasteiger partial charge in [0.1, 0.15) is 12.4 Å². The van der Waals surface area contributed by atoms with Crippen molar-refractivity contribution in [1.82, 2.24) is 5.32 Å². The van der Waals surface area contributed by atoms with E-state index >= 15 is 0 Å². The lowest BCUT2D eigenvalue weighted by Crippen LogP contribution is -2.19. The van der Waals surface area contributed by atoms with E-state index in [0.717, 1.165) is 22.6 Å². The first-order valence-corrected chi connectivity index (χ1v) is 10.6.